The van der Waals surface area contributed by atoms with Crippen LogP contribution in [0.1, 0.15) is 44.2 Å². The van der Waals surface area contributed by atoms with E-state index in [1.165, 1.54) is 28.1 Å². The maximum absolute atomic E-state index is 5.91. The Labute approximate surface area is 119 Å². The number of fused-ring (bicyclic) bond motifs is 3. The Morgan fingerprint density at radius 3 is 3.00 bits per heavy atom. The van der Waals surface area contributed by atoms with E-state index in [4.69, 9.17) is 5.73 Å². The lowest BCUT2D eigenvalue weighted by molar-refractivity contribution is 0.217. The summed E-state index contributed by atoms with van der Waals surface area (Å²) in [5.41, 5.74) is 10.2. The van der Waals surface area contributed by atoms with Gasteiger partial charge in [-0.1, -0.05) is 43.4 Å². The van der Waals surface area contributed by atoms with Crippen LogP contribution in [0, 0.1) is 17.3 Å². The average molecular weight is 274 g/mol. The van der Waals surface area contributed by atoms with Crippen molar-refractivity contribution in [3.05, 3.63) is 28.8 Å². The van der Waals surface area contributed by atoms with Crippen LogP contribution in [0.25, 0.3) is 5.57 Å². The molecular weight excluding hydrogens is 252 g/mol. The van der Waals surface area contributed by atoms with E-state index in [9.17, 15) is 0 Å². The third-order valence-electron chi connectivity index (χ3n) is 5.13. The Bertz CT molecular complexity index is 569. The molecule has 0 bridgehead atoms. The first kappa shape index (κ1) is 12.9. The smallest absolute Gasteiger partial charge is 0.180 e. The van der Waals surface area contributed by atoms with Crippen molar-refractivity contribution in [3.8, 4) is 0 Å². The lowest BCUT2D eigenvalue weighted by Gasteiger charge is -2.46. The summed E-state index contributed by atoms with van der Waals surface area (Å²) in [6, 6.07) is 0. The van der Waals surface area contributed by atoms with Gasteiger partial charge in [0, 0.05) is 0 Å². The topological polar surface area (TPSA) is 38.9 Å². The van der Waals surface area contributed by atoms with E-state index in [1.54, 1.807) is 11.3 Å². The molecule has 2 N–H and O–H groups in total. The first-order chi connectivity index (χ1) is 8.91. The number of thiazole rings is 1. The van der Waals surface area contributed by atoms with Crippen molar-refractivity contribution in [1.29, 1.82) is 0 Å². The van der Waals surface area contributed by atoms with Gasteiger partial charge in [-0.25, -0.2) is 4.98 Å². The van der Waals surface area contributed by atoms with Gasteiger partial charge in [0.25, 0.3) is 0 Å². The van der Waals surface area contributed by atoms with Gasteiger partial charge in [-0.2, -0.15) is 0 Å². The molecule has 0 aliphatic heterocycles. The second-order valence-electron chi connectivity index (χ2n) is 6.45. The highest BCUT2D eigenvalue weighted by Gasteiger charge is 2.45. The van der Waals surface area contributed by atoms with E-state index in [-0.39, 0.29) is 5.41 Å². The zero-order valence-electron chi connectivity index (χ0n) is 12.0. The third-order valence-corrected chi connectivity index (χ3v) is 6.09. The summed E-state index contributed by atoms with van der Waals surface area (Å²) in [5, 5.41) is 0.712. The number of nitrogens with zero attached hydrogens (tertiary/aromatic N) is 1. The van der Waals surface area contributed by atoms with Gasteiger partial charge in [0.1, 0.15) is 0 Å². The quantitative estimate of drug-likeness (QED) is 0.776. The van der Waals surface area contributed by atoms with Crippen LogP contribution in [0.2, 0.25) is 0 Å². The predicted octanol–water partition coefficient (Wildman–Crippen LogP) is 4.29. The number of hydrogen-bond donors (Lipinski definition) is 1. The lowest BCUT2D eigenvalue weighted by Crippen LogP contribution is -2.36. The molecule has 1 heterocycles. The molecule has 3 rings (SSSR count). The fourth-order valence-electron chi connectivity index (χ4n) is 3.63. The minimum Gasteiger partial charge on any atom is -0.375 e. The van der Waals surface area contributed by atoms with Crippen molar-refractivity contribution in [1.82, 2.24) is 4.98 Å². The van der Waals surface area contributed by atoms with Gasteiger partial charge in [0.15, 0.2) is 5.13 Å². The first-order valence-electron chi connectivity index (χ1n) is 7.03. The molecule has 19 heavy (non-hydrogen) atoms. The Balaban J connectivity index is 2.10. The van der Waals surface area contributed by atoms with Crippen LogP contribution >= 0.6 is 11.3 Å². The molecule has 0 amide bonds. The number of aromatic nitrogens is 1. The fourth-order valence-corrected chi connectivity index (χ4v) is 4.66. The van der Waals surface area contributed by atoms with E-state index in [0.717, 1.165) is 12.8 Å². The molecule has 102 valence electrons. The minimum atomic E-state index is 0.258. The second kappa shape index (κ2) is 4.20. The van der Waals surface area contributed by atoms with Gasteiger partial charge in [-0.3, -0.25) is 0 Å². The maximum Gasteiger partial charge on any atom is 0.180 e. The van der Waals surface area contributed by atoms with Crippen molar-refractivity contribution < 1.29 is 0 Å². The number of rotatable bonds is 1. The second-order valence-corrected chi connectivity index (χ2v) is 7.48. The van der Waals surface area contributed by atoms with Gasteiger partial charge in [-0.15, -0.1) is 0 Å². The molecular formula is C16H22N2S. The van der Waals surface area contributed by atoms with Gasteiger partial charge < -0.3 is 5.73 Å². The van der Waals surface area contributed by atoms with Crippen LogP contribution in [0.3, 0.4) is 0 Å². The van der Waals surface area contributed by atoms with Gasteiger partial charge in [0.2, 0.25) is 0 Å². The van der Waals surface area contributed by atoms with E-state index < -0.39 is 0 Å². The van der Waals surface area contributed by atoms with Crippen LogP contribution in [0.4, 0.5) is 5.13 Å². The monoisotopic (exact) mass is 274 g/mol. The van der Waals surface area contributed by atoms with Crippen molar-refractivity contribution in [3.63, 3.8) is 0 Å². The Hall–Kier alpha value is -1.09. The van der Waals surface area contributed by atoms with Crippen molar-refractivity contribution in [2.45, 2.75) is 40.0 Å². The molecule has 1 aromatic heterocycles. The summed E-state index contributed by atoms with van der Waals surface area (Å²) in [4.78, 5) is 5.86. The molecule has 0 unspecified atom stereocenters. The number of nitrogens with two attached hydrogens (primary N) is 1. The van der Waals surface area contributed by atoms with Crippen LogP contribution in [0.5, 0.6) is 0 Å². The Morgan fingerprint density at radius 1 is 1.58 bits per heavy atom. The molecule has 2 aliphatic carbocycles. The van der Waals surface area contributed by atoms with Crippen LogP contribution in [-0.2, 0) is 6.42 Å². The normalized spacial score (nSPS) is 33.3. The summed E-state index contributed by atoms with van der Waals surface area (Å²) < 4.78 is 0. The van der Waals surface area contributed by atoms with E-state index >= 15 is 0 Å². The van der Waals surface area contributed by atoms with Crippen LogP contribution in [-0.4, -0.2) is 4.98 Å². The van der Waals surface area contributed by atoms with Crippen LogP contribution < -0.4 is 5.73 Å². The number of nitrogen functional groups attached to an aromatic ring is 1. The summed E-state index contributed by atoms with van der Waals surface area (Å²) in [7, 11) is 0. The van der Waals surface area contributed by atoms with E-state index in [1.807, 2.05) is 0 Å². The SMILES string of the molecule is C=C(C)[C@@H]1CC=C2c3sc(N)nc3C[C@@H](C)[C@]2(C)C1. The summed E-state index contributed by atoms with van der Waals surface area (Å²) >= 11 is 1.66. The van der Waals surface area contributed by atoms with Gasteiger partial charge in [0.05, 0.1) is 10.6 Å². The molecule has 2 aliphatic rings. The van der Waals surface area contributed by atoms with Crippen molar-refractivity contribution >= 4 is 22.0 Å². The highest BCUT2D eigenvalue weighted by molar-refractivity contribution is 7.16. The number of hydrogen-bond acceptors (Lipinski definition) is 3. The zero-order chi connectivity index (χ0) is 13.8. The zero-order valence-corrected chi connectivity index (χ0v) is 12.8. The molecule has 0 radical (unpaired) electrons. The van der Waals surface area contributed by atoms with Crippen molar-refractivity contribution in [2.24, 2.45) is 17.3 Å². The standard InChI is InChI=1S/C16H22N2S/c1-9(2)11-5-6-12-14-13(18-15(17)19-14)7-10(3)16(12,4)8-11/h6,10-11H,1,5,7-8H2,2-4H3,(H2,17,18)/t10-,11-,16+/m1/s1. The van der Waals surface area contributed by atoms with Gasteiger partial charge >= 0.3 is 0 Å². The minimum absolute atomic E-state index is 0.258. The molecule has 0 spiro atoms. The molecule has 0 fully saturated rings. The van der Waals surface area contributed by atoms with Crippen LogP contribution in [0.15, 0.2) is 18.2 Å². The Morgan fingerprint density at radius 2 is 2.32 bits per heavy atom. The lowest BCUT2D eigenvalue weighted by atomic mass is 9.59. The summed E-state index contributed by atoms with van der Waals surface area (Å²) in [6.07, 6.45) is 5.81. The molecule has 3 atom stereocenters. The number of allylic oxidation sites excluding steroid dienone is 3. The average Bonchev–Trinajstić information content (AvgIpc) is 2.69. The molecule has 3 heteroatoms. The van der Waals surface area contributed by atoms with Crippen molar-refractivity contribution in [2.75, 3.05) is 5.73 Å². The molecule has 0 saturated carbocycles. The highest BCUT2D eigenvalue weighted by atomic mass is 32.1. The summed E-state index contributed by atoms with van der Waals surface area (Å²) in [5.74, 6) is 1.25. The maximum atomic E-state index is 5.91. The third kappa shape index (κ3) is 1.86. The molecule has 0 saturated heterocycles. The number of anilines is 1. The Kier molecular flexibility index (Phi) is 2.86. The predicted molar refractivity (Wildman–Crippen MR) is 83.0 cm³/mol. The summed E-state index contributed by atoms with van der Waals surface area (Å²) in [6.45, 7) is 11.1. The van der Waals surface area contributed by atoms with E-state index in [2.05, 4.69) is 38.4 Å². The van der Waals surface area contributed by atoms with E-state index in [0.29, 0.717) is 17.0 Å². The molecule has 1 aromatic rings. The van der Waals surface area contributed by atoms with Gasteiger partial charge in [-0.05, 0) is 49.0 Å². The first-order valence-corrected chi connectivity index (χ1v) is 7.85. The largest absolute Gasteiger partial charge is 0.375 e. The molecule has 2 nitrogen and oxygen atoms in total. The highest BCUT2D eigenvalue weighted by Crippen LogP contribution is 2.56. The molecule has 0 aromatic carbocycles. The fraction of sp³-hybridized carbons (Fsp3) is 0.562.